The first kappa shape index (κ1) is 13.3. The van der Waals surface area contributed by atoms with Crippen molar-refractivity contribution < 1.29 is 0 Å². The number of hydrogen-bond donors (Lipinski definition) is 1. The third-order valence-electron chi connectivity index (χ3n) is 3.53. The third-order valence-corrected chi connectivity index (χ3v) is 3.53. The van der Waals surface area contributed by atoms with Gasteiger partial charge in [-0.3, -0.25) is 4.90 Å². The van der Waals surface area contributed by atoms with Crippen LogP contribution in [0, 0.1) is 13.8 Å². The lowest BCUT2D eigenvalue weighted by molar-refractivity contribution is 0.324. The molecule has 0 aliphatic carbocycles. The van der Waals surface area contributed by atoms with E-state index >= 15 is 0 Å². The first-order valence-electron chi connectivity index (χ1n) is 6.92. The summed E-state index contributed by atoms with van der Waals surface area (Å²) in [4.78, 5) is 2.52. The fraction of sp³-hybridized carbons (Fsp3) is 0.500. The summed E-state index contributed by atoms with van der Waals surface area (Å²) in [5.41, 5.74) is 4.04. The second kappa shape index (κ2) is 6.72. The van der Waals surface area contributed by atoms with Crippen molar-refractivity contribution in [1.29, 1.82) is 0 Å². The Bertz CT molecular complexity index is 402. The minimum atomic E-state index is 1.06. The fourth-order valence-corrected chi connectivity index (χ4v) is 2.35. The average Bonchev–Trinajstić information content (AvgIpc) is 2.62. The van der Waals surface area contributed by atoms with Crippen LogP contribution < -0.4 is 5.32 Å². The molecule has 2 heteroatoms. The minimum Gasteiger partial charge on any atom is -0.315 e. The largest absolute Gasteiger partial charge is 0.315 e. The highest BCUT2D eigenvalue weighted by molar-refractivity contribution is 5.54. The summed E-state index contributed by atoms with van der Waals surface area (Å²) in [5, 5.41) is 3.44. The van der Waals surface area contributed by atoms with Crippen molar-refractivity contribution in [1.82, 2.24) is 10.2 Å². The molecule has 1 N–H and O–H groups in total. The summed E-state index contributed by atoms with van der Waals surface area (Å²) in [5.74, 6) is 0. The van der Waals surface area contributed by atoms with E-state index in [1.807, 2.05) is 0 Å². The quantitative estimate of drug-likeness (QED) is 0.879. The van der Waals surface area contributed by atoms with Gasteiger partial charge in [0, 0.05) is 19.6 Å². The maximum absolute atomic E-state index is 3.44. The maximum Gasteiger partial charge on any atom is 0.0167 e. The molecule has 0 unspecified atom stereocenters. The molecular formula is C16H24N2. The zero-order valence-corrected chi connectivity index (χ0v) is 11.6. The van der Waals surface area contributed by atoms with Crippen LogP contribution >= 0.6 is 0 Å². The molecule has 2 nitrogen and oxygen atoms in total. The van der Waals surface area contributed by atoms with Crippen LogP contribution in [-0.4, -0.2) is 37.6 Å². The van der Waals surface area contributed by atoms with Gasteiger partial charge in [0.05, 0.1) is 0 Å². The predicted molar refractivity (Wildman–Crippen MR) is 78.9 cm³/mol. The second-order valence-corrected chi connectivity index (χ2v) is 5.17. The standard InChI is InChI=1S/C16H24N2/c1-14-6-7-15(2)16(13-14)5-3-10-18-11-4-8-17-9-12-18/h3,5-7,13,17H,4,8-12H2,1-2H3/b5-3+. The van der Waals surface area contributed by atoms with Gasteiger partial charge in [0.15, 0.2) is 0 Å². The van der Waals surface area contributed by atoms with Crippen molar-refractivity contribution in [3.8, 4) is 0 Å². The molecular weight excluding hydrogens is 220 g/mol. The second-order valence-electron chi connectivity index (χ2n) is 5.17. The Labute approximate surface area is 111 Å². The van der Waals surface area contributed by atoms with Crippen molar-refractivity contribution in [3.63, 3.8) is 0 Å². The number of aryl methyl sites for hydroxylation is 2. The van der Waals surface area contributed by atoms with E-state index in [-0.39, 0.29) is 0 Å². The molecule has 0 spiro atoms. The first-order valence-corrected chi connectivity index (χ1v) is 6.92. The molecule has 0 amide bonds. The molecule has 1 heterocycles. The van der Waals surface area contributed by atoms with E-state index in [1.165, 1.54) is 29.7 Å². The number of nitrogens with one attached hydrogen (secondary N) is 1. The molecule has 18 heavy (non-hydrogen) atoms. The molecule has 1 saturated heterocycles. The van der Waals surface area contributed by atoms with Crippen LogP contribution in [0.4, 0.5) is 0 Å². The molecule has 0 saturated carbocycles. The molecule has 0 radical (unpaired) electrons. The third kappa shape index (κ3) is 3.97. The smallest absolute Gasteiger partial charge is 0.0167 e. The van der Waals surface area contributed by atoms with Gasteiger partial charge in [-0.1, -0.05) is 35.9 Å². The van der Waals surface area contributed by atoms with E-state index in [2.05, 4.69) is 54.4 Å². The van der Waals surface area contributed by atoms with Gasteiger partial charge in [0.2, 0.25) is 0 Å². The van der Waals surface area contributed by atoms with Crippen LogP contribution in [0.1, 0.15) is 23.1 Å². The lowest BCUT2D eigenvalue weighted by Crippen LogP contribution is -2.28. The van der Waals surface area contributed by atoms with Crippen molar-refractivity contribution in [3.05, 3.63) is 41.0 Å². The maximum atomic E-state index is 3.44. The Morgan fingerprint density at radius 2 is 2.11 bits per heavy atom. The summed E-state index contributed by atoms with van der Waals surface area (Å²) in [7, 11) is 0. The molecule has 1 aromatic rings. The van der Waals surface area contributed by atoms with E-state index in [1.54, 1.807) is 0 Å². The van der Waals surface area contributed by atoms with Crippen molar-refractivity contribution in [2.75, 3.05) is 32.7 Å². The Balaban J connectivity index is 1.91. The lowest BCUT2D eigenvalue weighted by Gasteiger charge is -2.16. The van der Waals surface area contributed by atoms with E-state index in [0.29, 0.717) is 0 Å². The highest BCUT2D eigenvalue weighted by Crippen LogP contribution is 2.12. The van der Waals surface area contributed by atoms with Crippen molar-refractivity contribution in [2.24, 2.45) is 0 Å². The van der Waals surface area contributed by atoms with Crippen molar-refractivity contribution in [2.45, 2.75) is 20.3 Å². The lowest BCUT2D eigenvalue weighted by atomic mass is 10.1. The monoisotopic (exact) mass is 244 g/mol. The van der Waals surface area contributed by atoms with Crippen molar-refractivity contribution >= 4 is 6.08 Å². The Morgan fingerprint density at radius 1 is 1.22 bits per heavy atom. The number of rotatable bonds is 3. The van der Waals surface area contributed by atoms with Crippen LogP contribution in [0.25, 0.3) is 6.08 Å². The van der Waals surface area contributed by atoms with Gasteiger partial charge in [-0.2, -0.15) is 0 Å². The van der Waals surface area contributed by atoms with Crippen LogP contribution in [-0.2, 0) is 0 Å². The molecule has 0 atom stereocenters. The number of hydrogen-bond acceptors (Lipinski definition) is 2. The molecule has 0 aromatic heterocycles. The zero-order valence-electron chi connectivity index (χ0n) is 11.6. The van der Waals surface area contributed by atoms with E-state index in [0.717, 1.165) is 26.2 Å². The number of benzene rings is 1. The summed E-state index contributed by atoms with van der Waals surface area (Å²) in [6, 6.07) is 6.63. The molecule has 2 rings (SSSR count). The SMILES string of the molecule is Cc1ccc(C)c(/C=C/CN2CCCNCC2)c1. The van der Waals surface area contributed by atoms with E-state index < -0.39 is 0 Å². The minimum absolute atomic E-state index is 1.06. The zero-order chi connectivity index (χ0) is 12.8. The van der Waals surface area contributed by atoms with Gasteiger partial charge in [0.1, 0.15) is 0 Å². The molecule has 98 valence electrons. The molecule has 1 fully saturated rings. The van der Waals surface area contributed by atoms with E-state index in [4.69, 9.17) is 0 Å². The highest BCUT2D eigenvalue weighted by atomic mass is 15.1. The van der Waals surface area contributed by atoms with Gasteiger partial charge in [-0.05, 0) is 44.5 Å². The molecule has 1 aliphatic rings. The van der Waals surface area contributed by atoms with Crippen LogP contribution in [0.3, 0.4) is 0 Å². The van der Waals surface area contributed by atoms with Gasteiger partial charge in [-0.25, -0.2) is 0 Å². The predicted octanol–water partition coefficient (Wildman–Crippen LogP) is 2.61. The molecule has 1 aliphatic heterocycles. The molecule has 1 aromatic carbocycles. The first-order chi connectivity index (χ1) is 8.75. The summed E-state index contributed by atoms with van der Waals surface area (Å²) in [6.07, 6.45) is 5.82. The normalized spacial score (nSPS) is 18.1. The number of nitrogens with zero attached hydrogens (tertiary/aromatic N) is 1. The Morgan fingerprint density at radius 3 is 3.00 bits per heavy atom. The van der Waals surface area contributed by atoms with Crippen LogP contribution in [0.15, 0.2) is 24.3 Å². The van der Waals surface area contributed by atoms with Gasteiger partial charge in [0.25, 0.3) is 0 Å². The average molecular weight is 244 g/mol. The molecule has 0 bridgehead atoms. The van der Waals surface area contributed by atoms with Gasteiger partial charge < -0.3 is 5.32 Å². The van der Waals surface area contributed by atoms with Gasteiger partial charge >= 0.3 is 0 Å². The van der Waals surface area contributed by atoms with Crippen LogP contribution in [0.5, 0.6) is 0 Å². The summed E-state index contributed by atoms with van der Waals surface area (Å²) < 4.78 is 0. The summed E-state index contributed by atoms with van der Waals surface area (Å²) >= 11 is 0. The Kier molecular flexibility index (Phi) is 4.97. The fourth-order valence-electron chi connectivity index (χ4n) is 2.35. The van der Waals surface area contributed by atoms with Gasteiger partial charge in [-0.15, -0.1) is 0 Å². The Hall–Kier alpha value is -1.12. The van der Waals surface area contributed by atoms with Crippen LogP contribution in [0.2, 0.25) is 0 Å². The highest BCUT2D eigenvalue weighted by Gasteiger charge is 2.05. The summed E-state index contributed by atoms with van der Waals surface area (Å²) in [6.45, 7) is 10.1. The topological polar surface area (TPSA) is 15.3 Å². The van der Waals surface area contributed by atoms with E-state index in [9.17, 15) is 0 Å².